The molecule has 0 bridgehead atoms. The van der Waals surface area contributed by atoms with Crippen LogP contribution in [0.3, 0.4) is 0 Å². The Labute approximate surface area is 133 Å². The summed E-state index contributed by atoms with van der Waals surface area (Å²) < 4.78 is 10.1. The number of aliphatic hydroxyl groups excluding tert-OH is 1. The summed E-state index contributed by atoms with van der Waals surface area (Å²) in [6.45, 7) is 1.99. The van der Waals surface area contributed by atoms with Crippen molar-refractivity contribution < 1.29 is 19.1 Å². The molecule has 1 aromatic carbocycles. The smallest absolute Gasteiger partial charge is 0.345 e. The molecule has 2 aromatic rings. The van der Waals surface area contributed by atoms with Gasteiger partial charge in [0.2, 0.25) is 0 Å². The third-order valence-corrected chi connectivity index (χ3v) is 3.01. The average molecular weight is 314 g/mol. The van der Waals surface area contributed by atoms with Gasteiger partial charge in [0, 0.05) is 5.56 Å². The highest BCUT2D eigenvalue weighted by Gasteiger charge is 2.21. The van der Waals surface area contributed by atoms with Crippen LogP contribution in [0.2, 0.25) is 0 Å². The number of rotatable bonds is 6. The summed E-state index contributed by atoms with van der Waals surface area (Å²) in [4.78, 5) is 16.2. The first-order valence-electron chi connectivity index (χ1n) is 7.12. The molecule has 3 N–H and O–H groups in total. The second-order valence-corrected chi connectivity index (χ2v) is 4.59. The van der Waals surface area contributed by atoms with Crippen LogP contribution >= 0.6 is 0 Å². The van der Waals surface area contributed by atoms with Gasteiger partial charge in [0.15, 0.2) is 0 Å². The number of ether oxygens (including phenoxy) is 1. The fourth-order valence-corrected chi connectivity index (χ4v) is 1.91. The molecule has 1 aromatic heterocycles. The normalized spacial score (nSPS) is 12.7. The van der Waals surface area contributed by atoms with Crippen LogP contribution in [0, 0.1) is 0 Å². The number of aliphatic hydroxyl groups is 1. The lowest BCUT2D eigenvalue weighted by Crippen LogP contribution is -2.25. The minimum absolute atomic E-state index is 0.110. The van der Waals surface area contributed by atoms with Crippen molar-refractivity contribution in [2.75, 3.05) is 6.61 Å². The van der Waals surface area contributed by atoms with Crippen molar-refractivity contribution in [2.45, 2.75) is 13.5 Å². The molecule has 0 aliphatic carbocycles. The highest BCUT2D eigenvalue weighted by molar-refractivity contribution is 6.22. The van der Waals surface area contributed by atoms with Gasteiger partial charge in [0.1, 0.15) is 22.9 Å². The number of amidine groups is 1. The molecular formula is C17H18N2O4. The molecule has 0 amide bonds. The number of carbonyl (C=O) groups excluding carboxylic acids is 1. The molecule has 0 aliphatic rings. The standard InChI is InChI=1S/C17H18N2O4/c1-2-22-17(21)14(15(20)12-7-4-3-5-8-12)16(18)19-11-13-9-6-10-23-13/h3-10,20H,2,11H2,1H3,(H2,18,19)/b15-14+. The lowest BCUT2D eigenvalue weighted by Gasteiger charge is -2.10. The quantitative estimate of drug-likeness (QED) is 0.281. The Hall–Kier alpha value is -3.02. The zero-order valence-corrected chi connectivity index (χ0v) is 12.7. The molecule has 2 rings (SSSR count). The zero-order chi connectivity index (χ0) is 16.7. The van der Waals surface area contributed by atoms with Crippen molar-refractivity contribution in [3.8, 4) is 0 Å². The van der Waals surface area contributed by atoms with Crippen molar-refractivity contribution in [3.63, 3.8) is 0 Å². The van der Waals surface area contributed by atoms with Crippen molar-refractivity contribution in [1.82, 2.24) is 0 Å². The van der Waals surface area contributed by atoms with Gasteiger partial charge in [-0.2, -0.15) is 0 Å². The molecule has 0 saturated heterocycles. The molecule has 0 spiro atoms. The van der Waals surface area contributed by atoms with Crippen LogP contribution in [0.5, 0.6) is 0 Å². The Bertz CT molecular complexity index is 703. The summed E-state index contributed by atoms with van der Waals surface area (Å²) in [5, 5.41) is 10.4. The SMILES string of the molecule is CCOC(=O)/C(C(N)=NCc1ccco1)=C(/O)c1ccccc1. The third kappa shape index (κ3) is 4.23. The molecule has 0 fully saturated rings. The Morgan fingerprint density at radius 2 is 2.00 bits per heavy atom. The highest BCUT2D eigenvalue weighted by atomic mass is 16.5. The maximum Gasteiger partial charge on any atom is 0.345 e. The average Bonchev–Trinajstić information content (AvgIpc) is 3.07. The maximum atomic E-state index is 12.1. The van der Waals surface area contributed by atoms with Crippen LogP contribution in [0.25, 0.3) is 5.76 Å². The van der Waals surface area contributed by atoms with E-state index < -0.39 is 5.97 Å². The second-order valence-electron chi connectivity index (χ2n) is 4.59. The monoisotopic (exact) mass is 314 g/mol. The maximum absolute atomic E-state index is 12.1. The molecule has 0 unspecified atom stereocenters. The van der Waals surface area contributed by atoms with E-state index >= 15 is 0 Å². The lowest BCUT2D eigenvalue weighted by molar-refractivity contribution is -0.137. The number of nitrogens with two attached hydrogens (primary N) is 1. The number of aliphatic imine (C=N–C) groups is 1. The first-order chi connectivity index (χ1) is 11.1. The molecule has 1 heterocycles. The van der Waals surface area contributed by atoms with Crippen LogP contribution in [0.4, 0.5) is 0 Å². The first-order valence-corrected chi connectivity index (χ1v) is 7.12. The Balaban J connectivity index is 2.37. The van der Waals surface area contributed by atoms with Gasteiger partial charge in [-0.05, 0) is 19.1 Å². The van der Waals surface area contributed by atoms with Gasteiger partial charge < -0.3 is 20.0 Å². The van der Waals surface area contributed by atoms with Gasteiger partial charge in [-0.25, -0.2) is 4.79 Å². The molecule has 120 valence electrons. The molecule has 6 nitrogen and oxygen atoms in total. The number of carbonyl (C=O) groups is 1. The lowest BCUT2D eigenvalue weighted by atomic mass is 10.1. The Morgan fingerprint density at radius 1 is 1.26 bits per heavy atom. The number of hydrogen-bond donors (Lipinski definition) is 2. The number of benzene rings is 1. The van der Waals surface area contributed by atoms with E-state index in [-0.39, 0.29) is 30.3 Å². The molecule has 0 aliphatic heterocycles. The van der Waals surface area contributed by atoms with Gasteiger partial charge in [0.25, 0.3) is 0 Å². The van der Waals surface area contributed by atoms with Gasteiger partial charge in [0.05, 0.1) is 19.4 Å². The topological polar surface area (TPSA) is 98.1 Å². The predicted molar refractivity (Wildman–Crippen MR) is 86.7 cm³/mol. The molecule has 6 heteroatoms. The summed E-state index contributed by atoms with van der Waals surface area (Å²) in [7, 11) is 0. The molecule has 0 radical (unpaired) electrons. The van der Waals surface area contributed by atoms with Crippen molar-refractivity contribution in [3.05, 3.63) is 65.6 Å². The van der Waals surface area contributed by atoms with Gasteiger partial charge in [-0.15, -0.1) is 0 Å². The van der Waals surface area contributed by atoms with Crippen LogP contribution in [0.15, 0.2) is 63.7 Å². The fraction of sp³-hybridized carbons (Fsp3) is 0.176. The molecule has 23 heavy (non-hydrogen) atoms. The van der Waals surface area contributed by atoms with Crippen LogP contribution in [-0.4, -0.2) is 23.5 Å². The van der Waals surface area contributed by atoms with Crippen molar-refractivity contribution in [2.24, 2.45) is 10.7 Å². The second kappa shape index (κ2) is 7.84. The number of hydrogen-bond acceptors (Lipinski definition) is 5. The minimum Gasteiger partial charge on any atom is -0.506 e. The zero-order valence-electron chi connectivity index (χ0n) is 12.7. The highest BCUT2D eigenvalue weighted by Crippen LogP contribution is 2.17. The van der Waals surface area contributed by atoms with Crippen LogP contribution in [0.1, 0.15) is 18.2 Å². The summed E-state index contributed by atoms with van der Waals surface area (Å²) in [6.07, 6.45) is 1.52. The van der Waals surface area contributed by atoms with E-state index in [1.54, 1.807) is 49.4 Å². The van der Waals surface area contributed by atoms with E-state index in [2.05, 4.69) is 4.99 Å². The summed E-state index contributed by atoms with van der Waals surface area (Å²) >= 11 is 0. The summed E-state index contributed by atoms with van der Waals surface area (Å²) in [5.41, 5.74) is 6.18. The van der Waals surface area contributed by atoms with Crippen molar-refractivity contribution >= 4 is 17.6 Å². The number of esters is 1. The van der Waals surface area contributed by atoms with E-state index in [4.69, 9.17) is 14.9 Å². The van der Waals surface area contributed by atoms with E-state index in [9.17, 15) is 9.90 Å². The van der Waals surface area contributed by atoms with Gasteiger partial charge >= 0.3 is 5.97 Å². The summed E-state index contributed by atoms with van der Waals surface area (Å²) in [5.74, 6) is -0.518. The van der Waals surface area contributed by atoms with Gasteiger partial charge in [-0.1, -0.05) is 30.3 Å². The number of furan rings is 1. The largest absolute Gasteiger partial charge is 0.506 e. The Morgan fingerprint density at radius 3 is 2.61 bits per heavy atom. The fourth-order valence-electron chi connectivity index (χ4n) is 1.91. The Kier molecular flexibility index (Phi) is 5.57. The molecule has 0 atom stereocenters. The first kappa shape index (κ1) is 16.4. The summed E-state index contributed by atoms with van der Waals surface area (Å²) in [6, 6.07) is 12.1. The predicted octanol–water partition coefficient (Wildman–Crippen LogP) is 2.67. The van der Waals surface area contributed by atoms with Crippen LogP contribution < -0.4 is 5.73 Å². The number of nitrogens with zero attached hydrogens (tertiary/aromatic N) is 1. The van der Waals surface area contributed by atoms with Gasteiger partial charge in [-0.3, -0.25) is 4.99 Å². The van der Waals surface area contributed by atoms with E-state index in [1.807, 2.05) is 0 Å². The molecule has 0 saturated carbocycles. The van der Waals surface area contributed by atoms with E-state index in [0.29, 0.717) is 11.3 Å². The van der Waals surface area contributed by atoms with E-state index in [0.717, 1.165) is 0 Å². The van der Waals surface area contributed by atoms with E-state index in [1.165, 1.54) is 6.26 Å². The van der Waals surface area contributed by atoms with Crippen molar-refractivity contribution in [1.29, 1.82) is 0 Å². The minimum atomic E-state index is -0.727. The molecular weight excluding hydrogens is 296 g/mol. The van der Waals surface area contributed by atoms with Crippen LogP contribution in [-0.2, 0) is 16.1 Å². The third-order valence-electron chi connectivity index (χ3n) is 3.01.